The van der Waals surface area contributed by atoms with Gasteiger partial charge in [0.1, 0.15) is 11.5 Å². The maximum Gasteiger partial charge on any atom is 0.157 e. The predicted octanol–water partition coefficient (Wildman–Crippen LogP) is 4.79. The smallest absolute Gasteiger partial charge is 0.157 e. The topological polar surface area (TPSA) is 42.2 Å². The number of benzene rings is 1. The van der Waals surface area contributed by atoms with Crippen LogP contribution in [0.1, 0.15) is 32.1 Å². The van der Waals surface area contributed by atoms with E-state index in [1.165, 1.54) is 32.1 Å². The lowest BCUT2D eigenvalue weighted by Crippen LogP contribution is -2.23. The number of hydrogen-bond donors (Lipinski definition) is 1. The van der Waals surface area contributed by atoms with Gasteiger partial charge in [0.2, 0.25) is 0 Å². The van der Waals surface area contributed by atoms with Gasteiger partial charge in [0.25, 0.3) is 0 Å². The fourth-order valence-electron chi connectivity index (χ4n) is 3.32. The van der Waals surface area contributed by atoms with Crippen molar-refractivity contribution in [1.82, 2.24) is 14.4 Å². The highest BCUT2D eigenvalue weighted by Crippen LogP contribution is 2.32. The summed E-state index contributed by atoms with van der Waals surface area (Å²) in [5.41, 5.74) is 2.81. The molecule has 0 aliphatic heterocycles. The molecule has 5 heteroatoms. The predicted molar refractivity (Wildman–Crippen MR) is 93.9 cm³/mol. The fourth-order valence-corrected chi connectivity index (χ4v) is 3.51. The van der Waals surface area contributed by atoms with Crippen molar-refractivity contribution < 1.29 is 0 Å². The van der Waals surface area contributed by atoms with Gasteiger partial charge in [-0.05, 0) is 25.0 Å². The Hall–Kier alpha value is -2.07. The van der Waals surface area contributed by atoms with E-state index in [0.717, 1.165) is 27.7 Å². The summed E-state index contributed by atoms with van der Waals surface area (Å²) in [5.74, 6) is 1.04. The Labute approximate surface area is 140 Å². The number of anilines is 1. The molecule has 23 heavy (non-hydrogen) atoms. The van der Waals surface area contributed by atoms with E-state index in [1.54, 1.807) is 12.4 Å². The van der Waals surface area contributed by atoms with E-state index in [4.69, 9.17) is 16.6 Å². The number of rotatable bonds is 3. The van der Waals surface area contributed by atoms with E-state index in [-0.39, 0.29) is 0 Å². The molecule has 0 amide bonds. The lowest BCUT2D eigenvalue weighted by Gasteiger charge is -2.24. The van der Waals surface area contributed by atoms with Gasteiger partial charge in [0, 0.05) is 29.0 Å². The minimum absolute atomic E-state index is 0.509. The second-order valence-electron chi connectivity index (χ2n) is 6.10. The van der Waals surface area contributed by atoms with Gasteiger partial charge in [0.05, 0.1) is 6.20 Å². The number of aromatic nitrogens is 3. The summed E-state index contributed by atoms with van der Waals surface area (Å²) in [5, 5.41) is 4.44. The lowest BCUT2D eigenvalue weighted by atomic mass is 9.95. The molecule has 1 saturated carbocycles. The highest BCUT2D eigenvalue weighted by atomic mass is 35.5. The highest BCUT2D eigenvalue weighted by molar-refractivity contribution is 6.30. The van der Waals surface area contributed by atoms with Crippen LogP contribution in [0.3, 0.4) is 0 Å². The van der Waals surface area contributed by atoms with Gasteiger partial charge >= 0.3 is 0 Å². The molecule has 1 aliphatic carbocycles. The van der Waals surface area contributed by atoms with Crippen LogP contribution in [0.25, 0.3) is 16.9 Å². The number of nitrogens with one attached hydrogen (secondary N) is 1. The summed E-state index contributed by atoms with van der Waals surface area (Å²) in [6.07, 6.45) is 11.9. The third-order valence-electron chi connectivity index (χ3n) is 4.47. The van der Waals surface area contributed by atoms with E-state index < -0.39 is 0 Å². The van der Waals surface area contributed by atoms with Crippen LogP contribution in [-0.2, 0) is 0 Å². The summed E-state index contributed by atoms with van der Waals surface area (Å²) < 4.78 is 2.08. The number of hydrogen-bond acceptors (Lipinski definition) is 3. The van der Waals surface area contributed by atoms with Gasteiger partial charge in [-0.25, -0.2) is 4.98 Å². The van der Waals surface area contributed by atoms with E-state index >= 15 is 0 Å². The SMILES string of the molecule is Clc1cccc(-c2nc3cnccn3c2NC2CCCCC2)c1. The molecule has 0 spiro atoms. The average Bonchev–Trinajstić information content (AvgIpc) is 2.95. The molecule has 0 radical (unpaired) electrons. The minimum Gasteiger partial charge on any atom is -0.367 e. The van der Waals surface area contributed by atoms with E-state index in [0.29, 0.717) is 6.04 Å². The van der Waals surface area contributed by atoms with Crippen LogP contribution >= 0.6 is 11.6 Å². The standard InChI is InChI=1S/C18H19ClN4/c19-14-6-4-5-13(11-14)17-18(21-15-7-2-1-3-8-15)23-10-9-20-12-16(23)22-17/h4-6,9-12,15,21H,1-3,7-8H2. The zero-order valence-electron chi connectivity index (χ0n) is 12.9. The van der Waals surface area contributed by atoms with Gasteiger partial charge in [-0.3, -0.25) is 9.38 Å². The van der Waals surface area contributed by atoms with Gasteiger partial charge in [-0.2, -0.15) is 0 Å². The van der Waals surface area contributed by atoms with Crippen molar-refractivity contribution in [3.63, 3.8) is 0 Å². The van der Waals surface area contributed by atoms with Crippen molar-refractivity contribution >= 4 is 23.1 Å². The highest BCUT2D eigenvalue weighted by Gasteiger charge is 2.19. The Morgan fingerprint density at radius 3 is 2.87 bits per heavy atom. The van der Waals surface area contributed by atoms with Gasteiger partial charge in [-0.15, -0.1) is 0 Å². The van der Waals surface area contributed by atoms with Crippen LogP contribution in [0.15, 0.2) is 42.9 Å². The first-order valence-electron chi connectivity index (χ1n) is 8.16. The summed E-state index contributed by atoms with van der Waals surface area (Å²) >= 11 is 6.17. The molecular weight excluding hydrogens is 308 g/mol. The van der Waals surface area contributed by atoms with Crippen molar-refractivity contribution in [3.05, 3.63) is 47.9 Å². The van der Waals surface area contributed by atoms with Crippen LogP contribution in [0, 0.1) is 0 Å². The average molecular weight is 327 g/mol. The number of nitrogens with zero attached hydrogens (tertiary/aromatic N) is 3. The van der Waals surface area contributed by atoms with Crippen LogP contribution in [0.2, 0.25) is 5.02 Å². The summed E-state index contributed by atoms with van der Waals surface area (Å²) in [6, 6.07) is 8.37. The number of imidazole rings is 1. The fraction of sp³-hybridized carbons (Fsp3) is 0.333. The van der Waals surface area contributed by atoms with Crippen molar-refractivity contribution in [2.45, 2.75) is 38.1 Å². The van der Waals surface area contributed by atoms with E-state index in [9.17, 15) is 0 Å². The Morgan fingerprint density at radius 1 is 1.17 bits per heavy atom. The Morgan fingerprint density at radius 2 is 2.04 bits per heavy atom. The zero-order valence-corrected chi connectivity index (χ0v) is 13.6. The number of halogens is 1. The molecule has 0 saturated heterocycles. The van der Waals surface area contributed by atoms with Crippen molar-refractivity contribution in [1.29, 1.82) is 0 Å². The normalized spacial score (nSPS) is 15.9. The quantitative estimate of drug-likeness (QED) is 0.752. The Balaban J connectivity index is 1.80. The maximum atomic E-state index is 6.17. The molecule has 4 nitrogen and oxygen atoms in total. The molecule has 1 N–H and O–H groups in total. The Kier molecular flexibility index (Phi) is 3.92. The second kappa shape index (κ2) is 6.20. The van der Waals surface area contributed by atoms with Crippen LogP contribution in [-0.4, -0.2) is 20.4 Å². The summed E-state index contributed by atoms with van der Waals surface area (Å²) in [7, 11) is 0. The molecule has 3 aromatic rings. The summed E-state index contributed by atoms with van der Waals surface area (Å²) in [6.45, 7) is 0. The van der Waals surface area contributed by atoms with Crippen molar-refractivity contribution in [2.75, 3.05) is 5.32 Å². The zero-order chi connectivity index (χ0) is 15.6. The van der Waals surface area contributed by atoms with Crippen LogP contribution in [0.4, 0.5) is 5.82 Å². The summed E-state index contributed by atoms with van der Waals surface area (Å²) in [4.78, 5) is 8.96. The molecule has 0 unspecified atom stereocenters. The first kappa shape index (κ1) is 14.5. The maximum absolute atomic E-state index is 6.17. The minimum atomic E-state index is 0.509. The Bertz CT molecular complexity index is 821. The monoisotopic (exact) mass is 326 g/mol. The molecule has 1 fully saturated rings. The molecule has 2 heterocycles. The van der Waals surface area contributed by atoms with Gasteiger partial charge < -0.3 is 5.32 Å². The largest absolute Gasteiger partial charge is 0.367 e. The van der Waals surface area contributed by atoms with Gasteiger partial charge in [0.15, 0.2) is 5.65 Å². The van der Waals surface area contributed by atoms with E-state index in [2.05, 4.69) is 14.7 Å². The first-order valence-corrected chi connectivity index (χ1v) is 8.53. The molecule has 2 aromatic heterocycles. The molecular formula is C18H19ClN4. The molecule has 118 valence electrons. The molecule has 4 rings (SSSR count). The van der Waals surface area contributed by atoms with Gasteiger partial charge in [-0.1, -0.05) is 43.0 Å². The second-order valence-corrected chi connectivity index (χ2v) is 6.54. The first-order chi connectivity index (χ1) is 11.3. The molecule has 0 atom stereocenters. The van der Waals surface area contributed by atoms with Crippen LogP contribution < -0.4 is 5.32 Å². The van der Waals surface area contributed by atoms with Crippen LogP contribution in [0.5, 0.6) is 0 Å². The van der Waals surface area contributed by atoms with Crippen molar-refractivity contribution in [3.8, 4) is 11.3 Å². The molecule has 0 bridgehead atoms. The molecule has 1 aliphatic rings. The third kappa shape index (κ3) is 2.91. The third-order valence-corrected chi connectivity index (χ3v) is 4.71. The van der Waals surface area contributed by atoms with Crippen molar-refractivity contribution in [2.24, 2.45) is 0 Å². The van der Waals surface area contributed by atoms with E-state index in [1.807, 2.05) is 30.5 Å². The lowest BCUT2D eigenvalue weighted by molar-refractivity contribution is 0.461. The molecule has 1 aromatic carbocycles. The number of fused-ring (bicyclic) bond motifs is 1.